The molecule has 0 saturated carbocycles. The standard InChI is InChI=1S/C8H12O/c1-2-8(9)7-5-3-4-6-7/h3,5-6,8-9H,2,4H2,1H3. The fraction of sp³-hybridized carbons (Fsp3) is 0.500. The van der Waals surface area contributed by atoms with E-state index < -0.39 is 0 Å². The van der Waals surface area contributed by atoms with Gasteiger partial charge in [0.1, 0.15) is 0 Å². The molecule has 1 atom stereocenters. The highest BCUT2D eigenvalue weighted by molar-refractivity contribution is 5.29. The highest BCUT2D eigenvalue weighted by Gasteiger charge is 2.06. The molecule has 1 rings (SSSR count). The lowest BCUT2D eigenvalue weighted by Gasteiger charge is -2.04. The third-order valence-corrected chi connectivity index (χ3v) is 1.57. The topological polar surface area (TPSA) is 20.2 Å². The monoisotopic (exact) mass is 124 g/mol. The van der Waals surface area contributed by atoms with Crippen LogP contribution in [0.3, 0.4) is 0 Å². The fourth-order valence-electron chi connectivity index (χ4n) is 0.959. The van der Waals surface area contributed by atoms with Crippen LogP contribution < -0.4 is 0 Å². The van der Waals surface area contributed by atoms with Crippen LogP contribution in [0.2, 0.25) is 0 Å². The molecule has 0 heterocycles. The van der Waals surface area contributed by atoms with Crippen molar-refractivity contribution in [1.82, 2.24) is 0 Å². The summed E-state index contributed by atoms with van der Waals surface area (Å²) in [5.41, 5.74) is 1.08. The zero-order valence-corrected chi connectivity index (χ0v) is 5.67. The van der Waals surface area contributed by atoms with Gasteiger partial charge in [0.25, 0.3) is 0 Å². The van der Waals surface area contributed by atoms with E-state index in [0.29, 0.717) is 0 Å². The van der Waals surface area contributed by atoms with Crippen LogP contribution in [0.1, 0.15) is 19.8 Å². The minimum atomic E-state index is -0.233. The molecule has 1 heteroatoms. The van der Waals surface area contributed by atoms with Crippen LogP contribution in [0.5, 0.6) is 0 Å². The maximum absolute atomic E-state index is 9.24. The molecule has 0 bridgehead atoms. The van der Waals surface area contributed by atoms with Crippen molar-refractivity contribution in [2.75, 3.05) is 0 Å². The van der Waals surface area contributed by atoms with Crippen molar-refractivity contribution in [3.8, 4) is 0 Å². The van der Waals surface area contributed by atoms with Gasteiger partial charge in [0.05, 0.1) is 6.10 Å². The van der Waals surface area contributed by atoms with Gasteiger partial charge >= 0.3 is 0 Å². The molecule has 1 nitrogen and oxygen atoms in total. The summed E-state index contributed by atoms with van der Waals surface area (Å²) in [6.45, 7) is 1.98. The molecule has 1 unspecified atom stereocenters. The second kappa shape index (κ2) is 2.83. The number of aliphatic hydroxyl groups excluding tert-OH is 1. The van der Waals surface area contributed by atoms with Crippen LogP contribution >= 0.6 is 0 Å². The molecular formula is C8H12O. The fourth-order valence-corrected chi connectivity index (χ4v) is 0.959. The molecule has 0 aromatic rings. The molecule has 1 aliphatic rings. The maximum Gasteiger partial charge on any atom is 0.0784 e. The Labute approximate surface area is 55.7 Å². The lowest BCUT2D eigenvalue weighted by molar-refractivity contribution is 0.210. The van der Waals surface area contributed by atoms with Gasteiger partial charge in [-0.3, -0.25) is 0 Å². The highest BCUT2D eigenvalue weighted by Crippen LogP contribution is 2.14. The number of hydrogen-bond acceptors (Lipinski definition) is 1. The molecule has 0 radical (unpaired) electrons. The molecule has 0 aromatic carbocycles. The van der Waals surface area contributed by atoms with Gasteiger partial charge in [0, 0.05) is 0 Å². The van der Waals surface area contributed by atoms with Crippen molar-refractivity contribution >= 4 is 0 Å². The average molecular weight is 124 g/mol. The SMILES string of the molecule is CCC(O)C1=CCC=C1. The zero-order valence-electron chi connectivity index (χ0n) is 5.67. The van der Waals surface area contributed by atoms with Crippen molar-refractivity contribution in [2.45, 2.75) is 25.9 Å². The van der Waals surface area contributed by atoms with E-state index in [-0.39, 0.29) is 6.10 Å². The van der Waals surface area contributed by atoms with E-state index in [4.69, 9.17) is 0 Å². The Hall–Kier alpha value is -0.560. The first-order valence-corrected chi connectivity index (χ1v) is 3.39. The summed E-state index contributed by atoms with van der Waals surface area (Å²) >= 11 is 0. The molecule has 1 N–H and O–H groups in total. The maximum atomic E-state index is 9.24. The van der Waals surface area contributed by atoms with Gasteiger partial charge < -0.3 is 5.11 Å². The minimum absolute atomic E-state index is 0.233. The summed E-state index contributed by atoms with van der Waals surface area (Å²) in [7, 11) is 0. The van der Waals surface area contributed by atoms with Crippen LogP contribution in [-0.2, 0) is 0 Å². The Balaban J connectivity index is 2.51. The molecule has 9 heavy (non-hydrogen) atoms. The summed E-state index contributed by atoms with van der Waals surface area (Å²) in [4.78, 5) is 0. The molecule has 0 aromatic heterocycles. The molecule has 0 spiro atoms. The van der Waals surface area contributed by atoms with Gasteiger partial charge in [-0.15, -0.1) is 0 Å². The van der Waals surface area contributed by atoms with Crippen molar-refractivity contribution in [1.29, 1.82) is 0 Å². The average Bonchev–Trinajstić information content (AvgIpc) is 2.37. The van der Waals surface area contributed by atoms with E-state index in [1.165, 1.54) is 0 Å². The minimum Gasteiger partial charge on any atom is -0.388 e. The van der Waals surface area contributed by atoms with Crippen LogP contribution in [0, 0.1) is 0 Å². The van der Waals surface area contributed by atoms with Crippen LogP contribution in [0.15, 0.2) is 23.8 Å². The molecule has 0 amide bonds. The normalized spacial score (nSPS) is 20.0. The third-order valence-electron chi connectivity index (χ3n) is 1.57. The molecule has 50 valence electrons. The number of rotatable bonds is 2. The summed E-state index contributed by atoms with van der Waals surface area (Å²) in [5, 5.41) is 9.24. The predicted octanol–water partition coefficient (Wildman–Crippen LogP) is 1.64. The number of hydrogen-bond donors (Lipinski definition) is 1. The second-order valence-corrected chi connectivity index (χ2v) is 2.27. The Morgan fingerprint density at radius 2 is 2.56 bits per heavy atom. The van der Waals surface area contributed by atoms with E-state index in [0.717, 1.165) is 18.4 Å². The van der Waals surface area contributed by atoms with Crippen molar-refractivity contribution in [3.05, 3.63) is 23.8 Å². The zero-order chi connectivity index (χ0) is 6.69. The van der Waals surface area contributed by atoms with Gasteiger partial charge in [0.2, 0.25) is 0 Å². The van der Waals surface area contributed by atoms with E-state index >= 15 is 0 Å². The third kappa shape index (κ3) is 1.42. The first-order valence-electron chi connectivity index (χ1n) is 3.39. The quantitative estimate of drug-likeness (QED) is 0.593. The second-order valence-electron chi connectivity index (χ2n) is 2.27. The van der Waals surface area contributed by atoms with Gasteiger partial charge in [-0.2, -0.15) is 0 Å². The molecule has 0 aliphatic heterocycles. The van der Waals surface area contributed by atoms with Crippen molar-refractivity contribution < 1.29 is 5.11 Å². The van der Waals surface area contributed by atoms with Gasteiger partial charge in [-0.05, 0) is 18.4 Å². The van der Waals surface area contributed by atoms with Gasteiger partial charge in [-0.25, -0.2) is 0 Å². The Morgan fingerprint density at radius 3 is 3.00 bits per heavy atom. The van der Waals surface area contributed by atoms with E-state index in [1.54, 1.807) is 0 Å². The number of allylic oxidation sites excluding steroid dienone is 2. The van der Waals surface area contributed by atoms with E-state index in [1.807, 2.05) is 13.0 Å². The van der Waals surface area contributed by atoms with Crippen LogP contribution in [-0.4, -0.2) is 11.2 Å². The first kappa shape index (κ1) is 6.56. The Kier molecular flexibility index (Phi) is 2.06. The number of aliphatic hydroxyl groups is 1. The van der Waals surface area contributed by atoms with Gasteiger partial charge in [0.15, 0.2) is 0 Å². The Morgan fingerprint density at radius 1 is 1.78 bits per heavy atom. The van der Waals surface area contributed by atoms with Gasteiger partial charge in [-0.1, -0.05) is 25.2 Å². The van der Waals surface area contributed by atoms with E-state index in [2.05, 4.69) is 12.2 Å². The highest BCUT2D eigenvalue weighted by atomic mass is 16.3. The van der Waals surface area contributed by atoms with E-state index in [9.17, 15) is 5.11 Å². The van der Waals surface area contributed by atoms with Crippen molar-refractivity contribution in [2.24, 2.45) is 0 Å². The lowest BCUT2D eigenvalue weighted by atomic mass is 10.1. The molecule has 0 fully saturated rings. The molecule has 0 saturated heterocycles. The summed E-state index contributed by atoms with van der Waals surface area (Å²) in [6.07, 6.45) is 7.70. The predicted molar refractivity (Wildman–Crippen MR) is 38.1 cm³/mol. The largest absolute Gasteiger partial charge is 0.388 e. The first-order chi connectivity index (χ1) is 4.34. The van der Waals surface area contributed by atoms with Crippen LogP contribution in [0.25, 0.3) is 0 Å². The van der Waals surface area contributed by atoms with Crippen molar-refractivity contribution in [3.63, 3.8) is 0 Å². The molecular weight excluding hydrogens is 112 g/mol. The smallest absolute Gasteiger partial charge is 0.0784 e. The van der Waals surface area contributed by atoms with Crippen LogP contribution in [0.4, 0.5) is 0 Å². The summed E-state index contributed by atoms with van der Waals surface area (Å²) in [5.74, 6) is 0. The summed E-state index contributed by atoms with van der Waals surface area (Å²) < 4.78 is 0. The Bertz CT molecular complexity index is 145. The lowest BCUT2D eigenvalue weighted by Crippen LogP contribution is -2.04. The molecule has 1 aliphatic carbocycles. The summed E-state index contributed by atoms with van der Waals surface area (Å²) in [6, 6.07) is 0.